The van der Waals surface area contributed by atoms with Gasteiger partial charge in [-0.05, 0) is 24.1 Å². The lowest BCUT2D eigenvalue weighted by Crippen LogP contribution is -1.83. The summed E-state index contributed by atoms with van der Waals surface area (Å²) in [5.74, 6) is 0.883. The van der Waals surface area contributed by atoms with Gasteiger partial charge in [-0.15, -0.1) is 0 Å². The summed E-state index contributed by atoms with van der Waals surface area (Å²) in [5.41, 5.74) is 2.76. The fourth-order valence-corrected chi connectivity index (χ4v) is 1.03. The highest BCUT2D eigenvalue weighted by Gasteiger charge is 1.90. The lowest BCUT2D eigenvalue weighted by Gasteiger charge is -1.99. The zero-order valence-corrected chi connectivity index (χ0v) is 7.71. The van der Waals surface area contributed by atoms with Gasteiger partial charge in [-0.1, -0.05) is 29.8 Å². The predicted molar refractivity (Wildman–Crippen MR) is 51.7 cm³/mol. The molecule has 1 aromatic rings. The molecule has 0 aromatic heterocycles. The number of rotatable bonds is 3. The number of hydrogen-bond acceptors (Lipinski definition) is 1. The zero-order valence-electron chi connectivity index (χ0n) is 6.96. The van der Waals surface area contributed by atoms with Crippen molar-refractivity contribution >= 4 is 11.6 Å². The molecule has 12 heavy (non-hydrogen) atoms. The standard InChI is InChI=1S/C10H11ClO/c1-12-10-6-4-9(5-7-10)3-2-8-11/h2,4-8H,3H2,1H3/b8-2-. The number of halogens is 1. The predicted octanol–water partition coefficient (Wildman–Crippen LogP) is 2.99. The maximum atomic E-state index is 5.40. The van der Waals surface area contributed by atoms with Gasteiger partial charge in [0.05, 0.1) is 7.11 Å². The van der Waals surface area contributed by atoms with Crippen molar-refractivity contribution in [3.8, 4) is 5.75 Å². The fourth-order valence-electron chi connectivity index (χ4n) is 0.942. The van der Waals surface area contributed by atoms with Gasteiger partial charge in [0.15, 0.2) is 0 Å². The quantitative estimate of drug-likeness (QED) is 0.699. The molecule has 0 heterocycles. The second kappa shape index (κ2) is 4.83. The molecule has 1 rings (SSSR count). The Labute approximate surface area is 77.6 Å². The minimum absolute atomic E-state index is 0.869. The van der Waals surface area contributed by atoms with Crippen molar-refractivity contribution in [1.82, 2.24) is 0 Å². The van der Waals surface area contributed by atoms with Crippen molar-refractivity contribution < 1.29 is 4.74 Å². The molecule has 0 aliphatic heterocycles. The van der Waals surface area contributed by atoms with Crippen LogP contribution in [0.1, 0.15) is 5.56 Å². The average molecular weight is 183 g/mol. The zero-order chi connectivity index (χ0) is 8.81. The molecule has 0 fully saturated rings. The van der Waals surface area contributed by atoms with E-state index in [0.717, 1.165) is 12.2 Å². The van der Waals surface area contributed by atoms with Crippen molar-refractivity contribution in [2.24, 2.45) is 0 Å². The van der Waals surface area contributed by atoms with E-state index in [9.17, 15) is 0 Å². The third-order valence-electron chi connectivity index (χ3n) is 1.60. The van der Waals surface area contributed by atoms with E-state index in [1.165, 1.54) is 11.1 Å². The maximum absolute atomic E-state index is 5.40. The summed E-state index contributed by atoms with van der Waals surface area (Å²) in [6.07, 6.45) is 2.77. The first-order valence-corrected chi connectivity index (χ1v) is 4.18. The molecule has 0 aliphatic rings. The van der Waals surface area contributed by atoms with Gasteiger partial charge in [0, 0.05) is 5.54 Å². The summed E-state index contributed by atoms with van der Waals surface area (Å²) in [4.78, 5) is 0. The number of ether oxygens (including phenoxy) is 1. The molecule has 1 aromatic carbocycles. The second-order valence-corrected chi connectivity index (χ2v) is 2.67. The lowest BCUT2D eigenvalue weighted by atomic mass is 10.1. The SMILES string of the molecule is COc1ccc(C/C=C\Cl)cc1. The normalized spacial score (nSPS) is 10.5. The first-order valence-electron chi connectivity index (χ1n) is 3.75. The monoisotopic (exact) mass is 182 g/mol. The molecule has 0 saturated heterocycles. The summed E-state index contributed by atoms with van der Waals surface area (Å²) >= 11 is 5.40. The minimum atomic E-state index is 0.869. The van der Waals surface area contributed by atoms with E-state index >= 15 is 0 Å². The molecule has 0 saturated carbocycles. The van der Waals surface area contributed by atoms with Gasteiger partial charge in [-0.2, -0.15) is 0 Å². The van der Waals surface area contributed by atoms with Crippen LogP contribution in [0.4, 0.5) is 0 Å². The van der Waals surface area contributed by atoms with Crippen molar-refractivity contribution in [3.63, 3.8) is 0 Å². The molecule has 0 aliphatic carbocycles. The molecule has 0 atom stereocenters. The van der Waals surface area contributed by atoms with Crippen molar-refractivity contribution in [2.45, 2.75) is 6.42 Å². The van der Waals surface area contributed by atoms with Crippen LogP contribution in [0.25, 0.3) is 0 Å². The van der Waals surface area contributed by atoms with Crippen molar-refractivity contribution in [3.05, 3.63) is 41.4 Å². The van der Waals surface area contributed by atoms with Crippen LogP contribution in [0, 0.1) is 0 Å². The molecule has 0 bridgehead atoms. The Kier molecular flexibility index (Phi) is 3.68. The van der Waals surface area contributed by atoms with Crippen LogP contribution >= 0.6 is 11.6 Å². The van der Waals surface area contributed by atoms with Gasteiger partial charge < -0.3 is 4.74 Å². The highest BCUT2D eigenvalue weighted by Crippen LogP contribution is 2.11. The van der Waals surface area contributed by atoms with E-state index in [1.54, 1.807) is 7.11 Å². The summed E-state index contributed by atoms with van der Waals surface area (Å²) in [6.45, 7) is 0. The Morgan fingerprint density at radius 3 is 2.50 bits per heavy atom. The number of methoxy groups -OCH3 is 1. The van der Waals surface area contributed by atoms with E-state index in [0.29, 0.717) is 0 Å². The number of allylic oxidation sites excluding steroid dienone is 1. The number of benzene rings is 1. The lowest BCUT2D eigenvalue weighted by molar-refractivity contribution is 0.414. The fraction of sp³-hybridized carbons (Fsp3) is 0.200. The Hall–Kier alpha value is -0.950. The van der Waals surface area contributed by atoms with Crippen LogP contribution in [0.5, 0.6) is 5.75 Å². The molecular formula is C10H11ClO. The Morgan fingerprint density at radius 1 is 1.33 bits per heavy atom. The van der Waals surface area contributed by atoms with Crippen LogP contribution in [0.2, 0.25) is 0 Å². The molecular weight excluding hydrogens is 172 g/mol. The highest BCUT2D eigenvalue weighted by molar-refractivity contribution is 6.25. The third kappa shape index (κ3) is 2.59. The van der Waals surface area contributed by atoms with E-state index < -0.39 is 0 Å². The Morgan fingerprint density at radius 2 is 2.00 bits per heavy atom. The summed E-state index contributed by atoms with van der Waals surface area (Å²) in [6, 6.07) is 7.93. The van der Waals surface area contributed by atoms with Crippen LogP contribution in [-0.2, 0) is 6.42 Å². The van der Waals surface area contributed by atoms with Gasteiger partial charge >= 0.3 is 0 Å². The minimum Gasteiger partial charge on any atom is -0.497 e. The topological polar surface area (TPSA) is 9.23 Å². The average Bonchev–Trinajstić information content (AvgIpc) is 2.15. The second-order valence-electron chi connectivity index (χ2n) is 2.41. The van der Waals surface area contributed by atoms with E-state index in [4.69, 9.17) is 16.3 Å². The molecule has 1 nitrogen and oxygen atoms in total. The molecule has 2 heteroatoms. The maximum Gasteiger partial charge on any atom is 0.118 e. The van der Waals surface area contributed by atoms with E-state index in [2.05, 4.69) is 0 Å². The van der Waals surface area contributed by atoms with E-state index in [-0.39, 0.29) is 0 Å². The summed E-state index contributed by atoms with van der Waals surface area (Å²) < 4.78 is 5.03. The summed E-state index contributed by atoms with van der Waals surface area (Å²) in [5, 5.41) is 0. The van der Waals surface area contributed by atoms with Gasteiger partial charge in [0.1, 0.15) is 5.75 Å². The van der Waals surface area contributed by atoms with Crippen molar-refractivity contribution in [1.29, 1.82) is 0 Å². The summed E-state index contributed by atoms with van der Waals surface area (Å²) in [7, 11) is 1.66. The van der Waals surface area contributed by atoms with Gasteiger partial charge in [0.2, 0.25) is 0 Å². The first kappa shape index (κ1) is 9.14. The molecule has 0 radical (unpaired) electrons. The Balaban J connectivity index is 2.64. The van der Waals surface area contributed by atoms with Gasteiger partial charge in [-0.25, -0.2) is 0 Å². The van der Waals surface area contributed by atoms with Crippen LogP contribution < -0.4 is 4.74 Å². The molecule has 0 unspecified atom stereocenters. The molecule has 64 valence electrons. The van der Waals surface area contributed by atoms with Crippen LogP contribution in [0.3, 0.4) is 0 Å². The van der Waals surface area contributed by atoms with Gasteiger partial charge in [-0.3, -0.25) is 0 Å². The third-order valence-corrected chi connectivity index (χ3v) is 1.78. The molecule has 0 N–H and O–H groups in total. The highest BCUT2D eigenvalue weighted by atomic mass is 35.5. The first-order chi connectivity index (χ1) is 5.86. The molecule has 0 spiro atoms. The van der Waals surface area contributed by atoms with Crippen LogP contribution in [-0.4, -0.2) is 7.11 Å². The largest absolute Gasteiger partial charge is 0.497 e. The van der Waals surface area contributed by atoms with Gasteiger partial charge in [0.25, 0.3) is 0 Å². The van der Waals surface area contributed by atoms with E-state index in [1.807, 2.05) is 30.3 Å². The number of hydrogen-bond donors (Lipinski definition) is 0. The molecule has 0 amide bonds. The smallest absolute Gasteiger partial charge is 0.118 e. The van der Waals surface area contributed by atoms with Crippen LogP contribution in [0.15, 0.2) is 35.9 Å². The Bertz CT molecular complexity index is 251. The van der Waals surface area contributed by atoms with Crippen molar-refractivity contribution in [2.75, 3.05) is 7.11 Å².